The third-order valence-corrected chi connectivity index (χ3v) is 4.33. The molecule has 0 atom stereocenters. The van der Waals surface area contributed by atoms with Crippen molar-refractivity contribution in [3.63, 3.8) is 0 Å². The smallest absolute Gasteiger partial charge is 0.155 e. The summed E-state index contributed by atoms with van der Waals surface area (Å²) in [6.45, 7) is 1.60. The number of benzene rings is 1. The maximum Gasteiger partial charge on any atom is 0.155 e. The summed E-state index contributed by atoms with van der Waals surface area (Å²) in [5.41, 5.74) is 0.726. The van der Waals surface area contributed by atoms with E-state index in [-0.39, 0.29) is 6.61 Å². The topological polar surface area (TPSA) is 46.0 Å². The zero-order valence-corrected chi connectivity index (χ0v) is 11.9. The molecule has 0 aliphatic rings. The largest absolute Gasteiger partial charge is 0.388 e. The van der Waals surface area contributed by atoms with Crippen molar-refractivity contribution in [1.29, 1.82) is 0 Å². The number of aliphatic hydroxyl groups excluding tert-OH is 1. The summed E-state index contributed by atoms with van der Waals surface area (Å²) >= 11 is 13.6. The number of halogens is 2. The van der Waals surface area contributed by atoms with Crippen LogP contribution >= 0.6 is 35.0 Å². The third-order valence-electron chi connectivity index (χ3n) is 2.23. The maximum absolute atomic E-state index is 9.00. The Labute approximate surface area is 119 Å². The standard InChI is InChI=1S/C12H10Cl2N2OS/c1-7-11(12(14)16-10(6-17)15-7)18-9-5-3-2-4-8(9)13/h2-5,17H,6H2,1H3. The molecule has 0 saturated heterocycles. The predicted octanol–water partition coefficient (Wildman–Crippen LogP) is 3.74. The lowest BCUT2D eigenvalue weighted by molar-refractivity contribution is 0.270. The lowest BCUT2D eigenvalue weighted by atomic mass is 10.4. The molecule has 0 aliphatic carbocycles. The molecule has 0 spiro atoms. The van der Waals surface area contributed by atoms with Crippen molar-refractivity contribution in [2.75, 3.05) is 0 Å². The summed E-state index contributed by atoms with van der Waals surface area (Å²) in [5, 5.41) is 9.99. The summed E-state index contributed by atoms with van der Waals surface area (Å²) in [7, 11) is 0. The minimum absolute atomic E-state index is 0.225. The van der Waals surface area contributed by atoms with Crippen LogP contribution in [0.3, 0.4) is 0 Å². The second-order valence-electron chi connectivity index (χ2n) is 3.54. The molecule has 3 nitrogen and oxygen atoms in total. The van der Waals surface area contributed by atoms with E-state index in [1.54, 1.807) is 0 Å². The molecule has 0 unspecified atom stereocenters. The highest BCUT2D eigenvalue weighted by molar-refractivity contribution is 7.99. The highest BCUT2D eigenvalue weighted by atomic mass is 35.5. The predicted molar refractivity (Wildman–Crippen MR) is 73.3 cm³/mol. The van der Waals surface area contributed by atoms with Crippen molar-refractivity contribution in [1.82, 2.24) is 9.97 Å². The third kappa shape index (κ3) is 2.95. The van der Waals surface area contributed by atoms with Crippen LogP contribution in [0.4, 0.5) is 0 Å². The molecule has 1 aromatic heterocycles. The Balaban J connectivity index is 2.38. The molecular weight excluding hydrogens is 291 g/mol. The van der Waals surface area contributed by atoms with E-state index in [0.717, 1.165) is 15.5 Å². The van der Waals surface area contributed by atoms with Gasteiger partial charge in [-0.25, -0.2) is 9.97 Å². The molecule has 0 amide bonds. The molecule has 0 saturated carbocycles. The number of hydrogen-bond donors (Lipinski definition) is 1. The number of rotatable bonds is 3. The quantitative estimate of drug-likeness (QED) is 0.877. The highest BCUT2D eigenvalue weighted by Gasteiger charge is 2.12. The summed E-state index contributed by atoms with van der Waals surface area (Å²) in [6.07, 6.45) is 0. The van der Waals surface area contributed by atoms with E-state index in [1.807, 2.05) is 31.2 Å². The zero-order valence-electron chi connectivity index (χ0n) is 9.52. The molecule has 1 aromatic carbocycles. The first-order chi connectivity index (χ1) is 8.61. The SMILES string of the molecule is Cc1nc(CO)nc(Cl)c1Sc1ccccc1Cl. The first-order valence-electron chi connectivity index (χ1n) is 5.18. The van der Waals surface area contributed by atoms with E-state index < -0.39 is 0 Å². The first-order valence-corrected chi connectivity index (χ1v) is 6.75. The van der Waals surface area contributed by atoms with Gasteiger partial charge in [0.2, 0.25) is 0 Å². The van der Waals surface area contributed by atoms with Crippen LogP contribution in [0.1, 0.15) is 11.5 Å². The molecule has 2 aromatic rings. The van der Waals surface area contributed by atoms with Gasteiger partial charge in [0.25, 0.3) is 0 Å². The van der Waals surface area contributed by atoms with Crippen LogP contribution in [0.15, 0.2) is 34.1 Å². The monoisotopic (exact) mass is 300 g/mol. The van der Waals surface area contributed by atoms with Crippen LogP contribution in [0.25, 0.3) is 0 Å². The summed E-state index contributed by atoms with van der Waals surface area (Å²) in [5.74, 6) is 0.320. The van der Waals surface area contributed by atoms with Crippen LogP contribution in [-0.2, 0) is 6.61 Å². The van der Waals surface area contributed by atoms with Crippen molar-refractivity contribution in [3.8, 4) is 0 Å². The molecule has 0 aliphatic heterocycles. The van der Waals surface area contributed by atoms with Crippen molar-refractivity contribution < 1.29 is 5.11 Å². The van der Waals surface area contributed by atoms with Crippen LogP contribution < -0.4 is 0 Å². The van der Waals surface area contributed by atoms with Crippen molar-refractivity contribution in [3.05, 3.63) is 46.0 Å². The van der Waals surface area contributed by atoms with Crippen LogP contribution in [0.2, 0.25) is 10.2 Å². The first kappa shape index (κ1) is 13.6. The molecule has 94 valence electrons. The molecule has 0 fully saturated rings. The molecule has 0 radical (unpaired) electrons. The Morgan fingerprint density at radius 2 is 1.94 bits per heavy atom. The van der Waals surface area contributed by atoms with Crippen LogP contribution in [0.5, 0.6) is 0 Å². The van der Waals surface area contributed by atoms with Gasteiger partial charge in [0.05, 0.1) is 15.6 Å². The fourth-order valence-electron chi connectivity index (χ4n) is 1.41. The summed E-state index contributed by atoms with van der Waals surface area (Å²) in [4.78, 5) is 9.83. The van der Waals surface area contributed by atoms with E-state index >= 15 is 0 Å². The van der Waals surface area contributed by atoms with E-state index in [1.165, 1.54) is 11.8 Å². The van der Waals surface area contributed by atoms with Gasteiger partial charge >= 0.3 is 0 Å². The Hall–Kier alpha value is -0.810. The minimum Gasteiger partial charge on any atom is -0.388 e. The van der Waals surface area contributed by atoms with E-state index in [9.17, 15) is 0 Å². The lowest BCUT2D eigenvalue weighted by Gasteiger charge is -2.09. The number of aryl methyl sites for hydroxylation is 1. The minimum atomic E-state index is -0.225. The fourth-order valence-corrected chi connectivity index (χ4v) is 2.86. The number of nitrogens with zero attached hydrogens (tertiary/aromatic N) is 2. The van der Waals surface area contributed by atoms with E-state index in [4.69, 9.17) is 28.3 Å². The van der Waals surface area contributed by atoms with Crippen LogP contribution in [-0.4, -0.2) is 15.1 Å². The van der Waals surface area contributed by atoms with Gasteiger partial charge < -0.3 is 5.11 Å². The second kappa shape index (κ2) is 5.89. The molecule has 0 bridgehead atoms. The average Bonchev–Trinajstić information content (AvgIpc) is 2.35. The molecule has 1 heterocycles. The van der Waals surface area contributed by atoms with Gasteiger partial charge in [0, 0.05) is 4.90 Å². The van der Waals surface area contributed by atoms with Gasteiger partial charge in [-0.15, -0.1) is 0 Å². The van der Waals surface area contributed by atoms with Crippen molar-refractivity contribution in [2.24, 2.45) is 0 Å². The normalized spacial score (nSPS) is 10.7. The van der Waals surface area contributed by atoms with Crippen LogP contribution in [0, 0.1) is 6.92 Å². The van der Waals surface area contributed by atoms with Crippen molar-refractivity contribution >= 4 is 35.0 Å². The molecule has 2 rings (SSSR count). The molecule has 18 heavy (non-hydrogen) atoms. The van der Waals surface area contributed by atoms with Gasteiger partial charge in [0.1, 0.15) is 11.8 Å². The van der Waals surface area contributed by atoms with Crippen molar-refractivity contribution in [2.45, 2.75) is 23.3 Å². The van der Waals surface area contributed by atoms with Gasteiger partial charge in [-0.2, -0.15) is 0 Å². The Kier molecular flexibility index (Phi) is 4.45. The summed E-state index contributed by atoms with van der Waals surface area (Å²) < 4.78 is 0. The fraction of sp³-hybridized carbons (Fsp3) is 0.167. The van der Waals surface area contributed by atoms with Gasteiger partial charge in [0.15, 0.2) is 5.82 Å². The second-order valence-corrected chi connectivity index (χ2v) is 5.35. The molecule has 1 N–H and O–H groups in total. The average molecular weight is 301 g/mol. The van der Waals surface area contributed by atoms with Gasteiger partial charge in [-0.1, -0.05) is 47.1 Å². The van der Waals surface area contributed by atoms with Gasteiger partial charge in [-0.3, -0.25) is 0 Å². The number of aliphatic hydroxyl groups is 1. The number of aromatic nitrogens is 2. The van der Waals surface area contributed by atoms with Gasteiger partial charge in [-0.05, 0) is 19.1 Å². The Morgan fingerprint density at radius 3 is 2.56 bits per heavy atom. The molecular formula is C12H10Cl2N2OS. The Morgan fingerprint density at radius 1 is 1.22 bits per heavy atom. The number of hydrogen-bond acceptors (Lipinski definition) is 4. The molecule has 6 heteroatoms. The summed E-state index contributed by atoms with van der Waals surface area (Å²) in [6, 6.07) is 7.49. The Bertz CT molecular complexity index is 555. The lowest BCUT2D eigenvalue weighted by Crippen LogP contribution is -1.99. The zero-order chi connectivity index (χ0) is 13.1. The maximum atomic E-state index is 9.00. The van der Waals surface area contributed by atoms with E-state index in [0.29, 0.717) is 16.0 Å². The van der Waals surface area contributed by atoms with E-state index in [2.05, 4.69) is 9.97 Å². The highest BCUT2D eigenvalue weighted by Crippen LogP contribution is 2.37.